The van der Waals surface area contributed by atoms with Crippen molar-refractivity contribution >= 4 is 33.4 Å². The molecular formula is C28H20N2O6S. The molecule has 0 unspecified atom stereocenters. The molecule has 0 aliphatic heterocycles. The molecule has 4 aromatic rings. The van der Waals surface area contributed by atoms with Crippen LogP contribution in [0.4, 0.5) is 11.4 Å². The first-order valence-electron chi connectivity index (χ1n) is 11.0. The van der Waals surface area contributed by atoms with E-state index in [0.717, 1.165) is 0 Å². The van der Waals surface area contributed by atoms with E-state index in [1.807, 2.05) is 0 Å². The van der Waals surface area contributed by atoms with Gasteiger partial charge >= 0.3 is 0 Å². The Kier molecular flexibility index (Phi) is 7.41. The number of isocyanates is 2. The van der Waals surface area contributed by atoms with Crippen molar-refractivity contribution in [3.63, 3.8) is 0 Å². The van der Waals surface area contributed by atoms with E-state index in [4.69, 9.17) is 9.47 Å². The average Bonchev–Trinajstić information content (AvgIpc) is 2.89. The Bertz CT molecular complexity index is 1530. The maximum absolute atomic E-state index is 13.3. The number of carbonyl (C=O) groups excluding carboxylic acids is 2. The lowest BCUT2D eigenvalue weighted by molar-refractivity contribution is 0.478. The van der Waals surface area contributed by atoms with Gasteiger partial charge in [-0.3, -0.25) is 0 Å². The van der Waals surface area contributed by atoms with E-state index in [9.17, 15) is 18.0 Å². The Hall–Kier alpha value is -4.81. The average molecular weight is 513 g/mol. The number of sulfone groups is 1. The maximum Gasteiger partial charge on any atom is 0.240 e. The van der Waals surface area contributed by atoms with Crippen LogP contribution in [0.3, 0.4) is 0 Å². The van der Waals surface area contributed by atoms with Crippen LogP contribution in [0.15, 0.2) is 105 Å². The zero-order chi connectivity index (χ0) is 26.4. The van der Waals surface area contributed by atoms with Crippen LogP contribution in [0, 0.1) is 13.8 Å². The maximum atomic E-state index is 13.3. The molecule has 0 N–H and O–H groups in total. The molecule has 4 rings (SSSR count). The Balaban J connectivity index is 1.53. The van der Waals surface area contributed by atoms with E-state index >= 15 is 0 Å². The molecule has 0 bridgehead atoms. The fourth-order valence-corrected chi connectivity index (χ4v) is 4.91. The van der Waals surface area contributed by atoms with Crippen molar-refractivity contribution in [2.45, 2.75) is 23.6 Å². The zero-order valence-electron chi connectivity index (χ0n) is 19.8. The third-order valence-corrected chi connectivity index (χ3v) is 7.14. The lowest BCUT2D eigenvalue weighted by Crippen LogP contribution is -2.03. The van der Waals surface area contributed by atoms with Crippen molar-refractivity contribution in [1.29, 1.82) is 0 Å². The van der Waals surface area contributed by atoms with E-state index in [-0.39, 0.29) is 9.79 Å². The van der Waals surface area contributed by atoms with Crippen LogP contribution in [-0.4, -0.2) is 20.6 Å². The monoisotopic (exact) mass is 512 g/mol. The van der Waals surface area contributed by atoms with E-state index < -0.39 is 9.84 Å². The van der Waals surface area contributed by atoms with Crippen LogP contribution in [0.25, 0.3) is 0 Å². The lowest BCUT2D eigenvalue weighted by Gasteiger charge is -2.13. The molecule has 184 valence electrons. The number of hydrogen-bond acceptors (Lipinski definition) is 8. The van der Waals surface area contributed by atoms with Crippen LogP contribution in [0.2, 0.25) is 0 Å². The number of hydrogen-bond donors (Lipinski definition) is 0. The summed E-state index contributed by atoms with van der Waals surface area (Å²) >= 11 is 0. The number of ether oxygens (including phenoxy) is 2. The van der Waals surface area contributed by atoms with E-state index in [2.05, 4.69) is 9.98 Å². The molecular weight excluding hydrogens is 492 g/mol. The summed E-state index contributed by atoms with van der Waals surface area (Å²) in [5, 5.41) is 0. The topological polar surface area (TPSA) is 111 Å². The van der Waals surface area contributed by atoms with Gasteiger partial charge in [-0.05, 0) is 110 Å². The van der Waals surface area contributed by atoms with E-state index in [1.54, 1.807) is 86.6 Å². The summed E-state index contributed by atoms with van der Waals surface area (Å²) in [6, 6.07) is 22.4. The second kappa shape index (κ2) is 10.8. The lowest BCUT2D eigenvalue weighted by atomic mass is 10.2. The Morgan fingerprint density at radius 2 is 0.973 bits per heavy atom. The van der Waals surface area contributed by atoms with Gasteiger partial charge in [0.15, 0.2) is 0 Å². The number of rotatable bonds is 8. The van der Waals surface area contributed by atoms with Crippen molar-refractivity contribution in [2.75, 3.05) is 0 Å². The summed E-state index contributed by atoms with van der Waals surface area (Å²) in [7, 11) is -3.80. The van der Waals surface area contributed by atoms with Crippen LogP contribution < -0.4 is 9.47 Å². The minimum Gasteiger partial charge on any atom is -0.457 e. The molecule has 0 amide bonds. The smallest absolute Gasteiger partial charge is 0.240 e. The molecule has 0 heterocycles. The Labute approximate surface area is 213 Å². The third kappa shape index (κ3) is 5.89. The standard InChI is InChI=1S/C28H20N2O6S/c1-19-15-25(11-13-27(19)35-23-7-3-21(4-8-23)29-17-31)37(33,34)26-12-14-28(20(2)16-26)36-24-9-5-22(6-10-24)30-18-32/h3-16H,1-2H3. The number of benzene rings is 4. The van der Waals surface area contributed by atoms with Crippen LogP contribution >= 0.6 is 0 Å². The normalized spacial score (nSPS) is 10.6. The van der Waals surface area contributed by atoms with Crippen LogP contribution in [-0.2, 0) is 19.4 Å². The third-order valence-electron chi connectivity index (χ3n) is 5.39. The molecule has 0 fully saturated rings. The Morgan fingerprint density at radius 3 is 1.30 bits per heavy atom. The molecule has 8 nitrogen and oxygen atoms in total. The second-order valence-electron chi connectivity index (χ2n) is 7.96. The highest BCUT2D eigenvalue weighted by atomic mass is 32.2. The summed E-state index contributed by atoms with van der Waals surface area (Å²) in [6.07, 6.45) is 2.95. The fourth-order valence-electron chi connectivity index (χ4n) is 3.48. The SMILES string of the molecule is Cc1cc(S(=O)(=O)c2ccc(Oc3ccc(N=C=O)cc3)c(C)c2)ccc1Oc1ccc(N=C=O)cc1. The highest BCUT2D eigenvalue weighted by molar-refractivity contribution is 7.91. The van der Waals surface area contributed by atoms with Gasteiger partial charge in [0.05, 0.1) is 21.2 Å². The highest BCUT2D eigenvalue weighted by Gasteiger charge is 2.20. The van der Waals surface area contributed by atoms with Gasteiger partial charge in [-0.25, -0.2) is 18.0 Å². The van der Waals surface area contributed by atoms with Gasteiger partial charge in [0.25, 0.3) is 0 Å². The van der Waals surface area contributed by atoms with Gasteiger partial charge in [-0.15, -0.1) is 0 Å². The molecule has 0 aromatic heterocycles. The van der Waals surface area contributed by atoms with Crippen molar-refractivity contribution < 1.29 is 27.5 Å². The molecule has 0 atom stereocenters. The predicted molar refractivity (Wildman–Crippen MR) is 136 cm³/mol. The summed E-state index contributed by atoms with van der Waals surface area (Å²) in [5.41, 5.74) is 2.18. The number of aryl methyl sites for hydroxylation is 2. The molecule has 0 aliphatic rings. The molecule has 0 saturated heterocycles. The zero-order valence-corrected chi connectivity index (χ0v) is 20.7. The largest absolute Gasteiger partial charge is 0.457 e. The van der Waals surface area contributed by atoms with Gasteiger partial charge in [0.1, 0.15) is 23.0 Å². The molecule has 0 saturated carbocycles. The van der Waals surface area contributed by atoms with Gasteiger partial charge in [0.2, 0.25) is 22.0 Å². The van der Waals surface area contributed by atoms with Crippen molar-refractivity contribution in [2.24, 2.45) is 9.98 Å². The van der Waals surface area contributed by atoms with Crippen molar-refractivity contribution in [3.8, 4) is 23.0 Å². The van der Waals surface area contributed by atoms with Gasteiger partial charge in [-0.1, -0.05) is 0 Å². The van der Waals surface area contributed by atoms with Crippen LogP contribution in [0.5, 0.6) is 23.0 Å². The van der Waals surface area contributed by atoms with Gasteiger partial charge in [-0.2, -0.15) is 9.98 Å². The minimum atomic E-state index is -3.80. The number of aliphatic imine (C=N–C) groups is 2. The fraction of sp³-hybridized carbons (Fsp3) is 0.0714. The quantitative estimate of drug-likeness (QED) is 0.193. The van der Waals surface area contributed by atoms with E-state index in [1.165, 1.54) is 24.3 Å². The van der Waals surface area contributed by atoms with Gasteiger partial charge in [0, 0.05) is 0 Å². The predicted octanol–water partition coefficient (Wildman–Crippen LogP) is 6.66. The van der Waals surface area contributed by atoms with E-state index in [0.29, 0.717) is 45.5 Å². The van der Waals surface area contributed by atoms with Gasteiger partial charge < -0.3 is 9.47 Å². The first-order valence-corrected chi connectivity index (χ1v) is 12.5. The minimum absolute atomic E-state index is 0.132. The molecule has 9 heteroatoms. The first-order chi connectivity index (χ1) is 17.8. The molecule has 0 aliphatic carbocycles. The summed E-state index contributed by atoms with van der Waals surface area (Å²) in [6.45, 7) is 3.51. The second-order valence-corrected chi connectivity index (χ2v) is 9.91. The Morgan fingerprint density at radius 1 is 0.595 bits per heavy atom. The molecule has 37 heavy (non-hydrogen) atoms. The first kappa shape index (κ1) is 25.3. The molecule has 0 radical (unpaired) electrons. The molecule has 0 spiro atoms. The van der Waals surface area contributed by atoms with Crippen molar-refractivity contribution in [1.82, 2.24) is 0 Å². The van der Waals surface area contributed by atoms with Crippen molar-refractivity contribution in [3.05, 3.63) is 96.1 Å². The highest BCUT2D eigenvalue weighted by Crippen LogP contribution is 2.33. The summed E-state index contributed by atoms with van der Waals surface area (Å²) in [5.74, 6) is 2.02. The number of nitrogens with zero attached hydrogens (tertiary/aromatic N) is 2. The molecule has 4 aromatic carbocycles. The summed E-state index contributed by atoms with van der Waals surface area (Å²) < 4.78 is 38.3. The summed E-state index contributed by atoms with van der Waals surface area (Å²) in [4.78, 5) is 28.0. The van der Waals surface area contributed by atoms with Crippen LogP contribution in [0.1, 0.15) is 11.1 Å².